The second-order valence-electron chi connectivity index (χ2n) is 9.41. The molecule has 0 radical (unpaired) electrons. The van der Waals surface area contributed by atoms with E-state index in [9.17, 15) is 9.90 Å². The predicted molar refractivity (Wildman–Crippen MR) is 141 cm³/mol. The lowest BCUT2D eigenvalue weighted by Crippen LogP contribution is -2.16. The molecule has 0 fully saturated rings. The van der Waals surface area contributed by atoms with E-state index in [0.717, 1.165) is 66.5 Å². The van der Waals surface area contributed by atoms with Crippen LogP contribution < -0.4 is 5.32 Å². The molecule has 178 valence electrons. The zero-order chi connectivity index (χ0) is 24.4. The molecule has 0 heterocycles. The molecule has 0 spiro atoms. The van der Waals surface area contributed by atoms with Crippen LogP contribution in [0.5, 0.6) is 5.75 Å². The van der Waals surface area contributed by atoms with Crippen molar-refractivity contribution in [2.75, 3.05) is 5.32 Å². The van der Waals surface area contributed by atoms with Crippen LogP contribution in [0.4, 0.5) is 5.69 Å². The summed E-state index contributed by atoms with van der Waals surface area (Å²) in [6.07, 6.45) is 11.1. The third kappa shape index (κ3) is 8.24. The van der Waals surface area contributed by atoms with E-state index < -0.39 is 0 Å². The number of anilines is 1. The highest BCUT2D eigenvalue weighted by atomic mass is 16.3. The molecule has 0 atom stereocenters. The van der Waals surface area contributed by atoms with Crippen LogP contribution in [0.3, 0.4) is 0 Å². The maximum Gasteiger partial charge on any atom is 0.259 e. The van der Waals surface area contributed by atoms with E-state index in [0.29, 0.717) is 12.0 Å². The Kier molecular flexibility index (Phi) is 10.4. The normalized spacial score (nSPS) is 11.4. The van der Waals surface area contributed by atoms with Crippen LogP contribution in [0.25, 0.3) is 0 Å². The Morgan fingerprint density at radius 2 is 1.73 bits per heavy atom. The molecule has 0 saturated carbocycles. The van der Waals surface area contributed by atoms with Gasteiger partial charge in [-0.1, -0.05) is 66.8 Å². The Balaban J connectivity index is 2.34. The van der Waals surface area contributed by atoms with Gasteiger partial charge < -0.3 is 10.4 Å². The number of unbranched alkanes of at least 4 members (excludes halogenated alkanes) is 2. The number of benzene rings is 2. The van der Waals surface area contributed by atoms with E-state index >= 15 is 0 Å². The van der Waals surface area contributed by atoms with Crippen molar-refractivity contribution >= 4 is 11.6 Å². The predicted octanol–water partition coefficient (Wildman–Crippen LogP) is 8.23. The van der Waals surface area contributed by atoms with Gasteiger partial charge in [-0.05, 0) is 90.0 Å². The molecule has 3 nitrogen and oxygen atoms in total. The van der Waals surface area contributed by atoms with Gasteiger partial charge in [-0.25, -0.2) is 0 Å². The lowest BCUT2D eigenvalue weighted by Gasteiger charge is -2.17. The quantitative estimate of drug-likeness (QED) is 0.269. The molecular formula is C30H41NO2. The summed E-state index contributed by atoms with van der Waals surface area (Å²) in [6.45, 7) is 12.6. The molecule has 0 saturated heterocycles. The minimum atomic E-state index is -0.242. The van der Waals surface area contributed by atoms with Crippen molar-refractivity contribution in [1.29, 1.82) is 0 Å². The van der Waals surface area contributed by atoms with Gasteiger partial charge in [0.1, 0.15) is 5.75 Å². The van der Waals surface area contributed by atoms with Gasteiger partial charge in [-0.3, -0.25) is 4.79 Å². The molecule has 0 aliphatic heterocycles. The summed E-state index contributed by atoms with van der Waals surface area (Å²) in [7, 11) is 0. The first-order valence-electron chi connectivity index (χ1n) is 12.2. The summed E-state index contributed by atoms with van der Waals surface area (Å²) in [5.41, 5.74) is 7.73. The number of carbonyl (C=O) groups excluding carboxylic acids is 1. The third-order valence-electron chi connectivity index (χ3n) is 6.04. The van der Waals surface area contributed by atoms with Crippen LogP contribution in [0.15, 0.2) is 53.6 Å². The molecule has 0 bridgehead atoms. The number of phenols is 1. The summed E-state index contributed by atoms with van der Waals surface area (Å²) in [5, 5.41) is 14.2. The molecule has 2 aromatic rings. The lowest BCUT2D eigenvalue weighted by molar-refractivity contribution is 0.102. The van der Waals surface area contributed by atoms with Gasteiger partial charge in [0.25, 0.3) is 5.91 Å². The molecule has 1 amide bonds. The van der Waals surface area contributed by atoms with Gasteiger partial charge in [0, 0.05) is 11.3 Å². The lowest BCUT2D eigenvalue weighted by atomic mass is 9.91. The fourth-order valence-corrected chi connectivity index (χ4v) is 3.98. The summed E-state index contributed by atoms with van der Waals surface area (Å²) < 4.78 is 0. The first-order valence-corrected chi connectivity index (χ1v) is 12.2. The Bertz CT molecular complexity index is 993. The van der Waals surface area contributed by atoms with Crippen molar-refractivity contribution in [3.8, 4) is 5.75 Å². The molecule has 0 unspecified atom stereocenters. The summed E-state index contributed by atoms with van der Waals surface area (Å²) in [6, 6.07) is 9.84. The van der Waals surface area contributed by atoms with E-state index in [1.54, 1.807) is 0 Å². The number of phenolic OH excluding ortho intramolecular Hbond substituents is 1. The van der Waals surface area contributed by atoms with Crippen LogP contribution in [0, 0.1) is 13.8 Å². The molecule has 0 aliphatic carbocycles. The SMILES string of the molecule is CCCCCc1cc(C)c(C/C=C(\C)CCC=C(C)C)c(O)c1C(=O)Nc1ccc(C)cc1. The van der Waals surface area contributed by atoms with Crippen LogP contribution in [-0.4, -0.2) is 11.0 Å². The Hall–Kier alpha value is -2.81. The monoisotopic (exact) mass is 447 g/mol. The maximum atomic E-state index is 13.3. The average Bonchev–Trinajstić information content (AvgIpc) is 2.75. The zero-order valence-electron chi connectivity index (χ0n) is 21.3. The first kappa shape index (κ1) is 26.4. The van der Waals surface area contributed by atoms with E-state index in [1.165, 1.54) is 11.1 Å². The van der Waals surface area contributed by atoms with Crippen molar-refractivity contribution in [1.82, 2.24) is 0 Å². The Morgan fingerprint density at radius 1 is 1.03 bits per heavy atom. The van der Waals surface area contributed by atoms with Crippen molar-refractivity contribution in [2.24, 2.45) is 0 Å². The second-order valence-corrected chi connectivity index (χ2v) is 9.41. The van der Waals surface area contributed by atoms with Gasteiger partial charge in [0.15, 0.2) is 0 Å². The number of hydrogen-bond acceptors (Lipinski definition) is 2. The Morgan fingerprint density at radius 3 is 2.36 bits per heavy atom. The van der Waals surface area contributed by atoms with E-state index in [-0.39, 0.29) is 11.7 Å². The highest BCUT2D eigenvalue weighted by molar-refractivity contribution is 6.07. The summed E-state index contributed by atoms with van der Waals surface area (Å²) in [5.74, 6) is -0.118. The number of allylic oxidation sites excluding steroid dienone is 4. The van der Waals surface area contributed by atoms with Gasteiger partial charge in [-0.15, -0.1) is 0 Å². The smallest absolute Gasteiger partial charge is 0.259 e. The second kappa shape index (κ2) is 13.0. The highest BCUT2D eigenvalue weighted by Crippen LogP contribution is 2.32. The fourth-order valence-electron chi connectivity index (χ4n) is 3.98. The topological polar surface area (TPSA) is 49.3 Å². The van der Waals surface area contributed by atoms with Crippen LogP contribution in [0.2, 0.25) is 0 Å². The van der Waals surface area contributed by atoms with E-state index in [1.807, 2.05) is 38.1 Å². The maximum absolute atomic E-state index is 13.3. The van der Waals surface area contributed by atoms with Crippen LogP contribution in [-0.2, 0) is 12.8 Å². The summed E-state index contributed by atoms with van der Waals surface area (Å²) >= 11 is 0. The number of aromatic hydroxyl groups is 1. The molecule has 2 rings (SSSR count). The standard InChI is InChI=1S/C30H41NO2/c1-7-8-9-13-25-20-24(6)27(19-16-22(4)12-10-11-21(2)3)29(32)28(25)30(33)31-26-17-14-23(5)15-18-26/h11,14-18,20,32H,7-10,12-13,19H2,1-6H3,(H,31,33)/b22-16+. The molecule has 2 N–H and O–H groups in total. The van der Waals surface area contributed by atoms with E-state index in [4.69, 9.17) is 0 Å². The summed E-state index contributed by atoms with van der Waals surface area (Å²) in [4.78, 5) is 13.3. The number of hydrogen-bond donors (Lipinski definition) is 2. The first-order chi connectivity index (χ1) is 15.7. The molecule has 33 heavy (non-hydrogen) atoms. The Labute approximate surface area is 200 Å². The minimum Gasteiger partial charge on any atom is -0.507 e. The molecule has 2 aromatic carbocycles. The van der Waals surface area contributed by atoms with Gasteiger partial charge >= 0.3 is 0 Å². The van der Waals surface area contributed by atoms with Gasteiger partial charge in [0.05, 0.1) is 5.56 Å². The molecular weight excluding hydrogens is 406 g/mol. The fraction of sp³-hybridized carbons (Fsp3) is 0.433. The molecule has 0 aliphatic rings. The number of rotatable bonds is 11. The van der Waals surface area contributed by atoms with Crippen LogP contribution in [0.1, 0.15) is 92.4 Å². The molecule has 0 aromatic heterocycles. The number of aryl methyl sites for hydroxylation is 3. The third-order valence-corrected chi connectivity index (χ3v) is 6.04. The average molecular weight is 448 g/mol. The number of nitrogens with one attached hydrogen (secondary N) is 1. The van der Waals surface area contributed by atoms with Crippen molar-refractivity contribution in [3.63, 3.8) is 0 Å². The van der Waals surface area contributed by atoms with Crippen molar-refractivity contribution < 1.29 is 9.90 Å². The van der Waals surface area contributed by atoms with Crippen molar-refractivity contribution in [3.05, 3.63) is 81.4 Å². The highest BCUT2D eigenvalue weighted by Gasteiger charge is 2.21. The number of amides is 1. The molecule has 3 heteroatoms. The van der Waals surface area contributed by atoms with E-state index in [2.05, 4.69) is 51.2 Å². The largest absolute Gasteiger partial charge is 0.507 e. The number of carbonyl (C=O) groups is 1. The zero-order valence-corrected chi connectivity index (χ0v) is 21.3. The minimum absolute atomic E-state index is 0.124. The van der Waals surface area contributed by atoms with Crippen LogP contribution >= 0.6 is 0 Å². The van der Waals surface area contributed by atoms with Gasteiger partial charge in [-0.2, -0.15) is 0 Å². The van der Waals surface area contributed by atoms with Crippen molar-refractivity contribution in [2.45, 2.75) is 86.5 Å². The van der Waals surface area contributed by atoms with Gasteiger partial charge in [0.2, 0.25) is 0 Å².